The van der Waals surface area contributed by atoms with Crippen molar-refractivity contribution < 1.29 is 14.3 Å². The van der Waals surface area contributed by atoms with Crippen LogP contribution in [0, 0.1) is 0 Å². The zero-order valence-corrected chi connectivity index (χ0v) is 14.5. The van der Waals surface area contributed by atoms with Crippen molar-refractivity contribution in [2.75, 3.05) is 11.9 Å². The van der Waals surface area contributed by atoms with Crippen molar-refractivity contribution in [2.45, 2.75) is 26.2 Å². The van der Waals surface area contributed by atoms with Gasteiger partial charge in [0.1, 0.15) is 0 Å². The van der Waals surface area contributed by atoms with E-state index in [1.54, 1.807) is 18.2 Å². The molecule has 2 aromatic rings. The van der Waals surface area contributed by atoms with Crippen LogP contribution in [0.2, 0.25) is 5.02 Å². The van der Waals surface area contributed by atoms with Crippen LogP contribution in [0.4, 0.5) is 5.69 Å². The number of esters is 1. The summed E-state index contributed by atoms with van der Waals surface area (Å²) in [5.41, 5.74) is 2.13. The molecule has 0 aliphatic heterocycles. The van der Waals surface area contributed by atoms with E-state index in [-0.39, 0.29) is 12.5 Å². The second-order valence-electron chi connectivity index (χ2n) is 5.53. The summed E-state index contributed by atoms with van der Waals surface area (Å²) < 4.78 is 5.03. The van der Waals surface area contributed by atoms with Crippen molar-refractivity contribution in [3.05, 3.63) is 64.7 Å². The van der Waals surface area contributed by atoms with E-state index >= 15 is 0 Å². The predicted octanol–water partition coefficient (Wildman–Crippen LogP) is 4.65. The molecule has 0 saturated heterocycles. The fourth-order valence-electron chi connectivity index (χ4n) is 2.28. The summed E-state index contributed by atoms with van der Waals surface area (Å²) in [6, 6.07) is 14.0. The van der Waals surface area contributed by atoms with E-state index in [4.69, 9.17) is 16.3 Å². The Morgan fingerprint density at radius 2 is 1.92 bits per heavy atom. The van der Waals surface area contributed by atoms with Crippen LogP contribution in [-0.4, -0.2) is 18.5 Å². The average Bonchev–Trinajstić information content (AvgIpc) is 2.59. The van der Waals surface area contributed by atoms with Crippen LogP contribution in [0.5, 0.6) is 0 Å². The van der Waals surface area contributed by atoms with Crippen molar-refractivity contribution in [3.63, 3.8) is 0 Å². The average molecular weight is 346 g/mol. The highest BCUT2D eigenvalue weighted by molar-refractivity contribution is 6.30. The van der Waals surface area contributed by atoms with Gasteiger partial charge in [0, 0.05) is 10.7 Å². The molecule has 5 heteroatoms. The molecule has 0 aliphatic rings. The monoisotopic (exact) mass is 345 g/mol. The van der Waals surface area contributed by atoms with Gasteiger partial charge in [-0.15, -0.1) is 0 Å². The molecule has 0 aromatic heterocycles. The van der Waals surface area contributed by atoms with Crippen molar-refractivity contribution in [3.8, 4) is 0 Å². The van der Waals surface area contributed by atoms with E-state index < -0.39 is 5.97 Å². The fraction of sp³-hybridized carbons (Fsp3) is 0.263. The van der Waals surface area contributed by atoms with Crippen LogP contribution in [0.3, 0.4) is 0 Å². The number of hydrogen-bond acceptors (Lipinski definition) is 3. The number of anilines is 1. The molecule has 1 atom stereocenters. The molecule has 126 valence electrons. The number of benzene rings is 2. The first-order chi connectivity index (χ1) is 11.5. The minimum atomic E-state index is -0.581. The molecule has 1 N–H and O–H groups in total. The summed E-state index contributed by atoms with van der Waals surface area (Å²) in [6.07, 6.45) is 0.969. The Bertz CT molecular complexity index is 730. The second-order valence-corrected chi connectivity index (χ2v) is 5.97. The molecule has 1 amide bonds. The number of carbonyl (C=O) groups is 2. The predicted molar refractivity (Wildman–Crippen MR) is 95.5 cm³/mol. The SMILES string of the molecule is CC[C@@H](C)c1ccccc1NC(=O)COC(=O)c1cccc(Cl)c1. The lowest BCUT2D eigenvalue weighted by Crippen LogP contribution is -2.21. The van der Waals surface area contributed by atoms with Crippen LogP contribution in [-0.2, 0) is 9.53 Å². The van der Waals surface area contributed by atoms with Crippen molar-refractivity contribution >= 4 is 29.2 Å². The summed E-state index contributed by atoms with van der Waals surface area (Å²) >= 11 is 5.83. The summed E-state index contributed by atoms with van der Waals surface area (Å²) in [5, 5.41) is 3.24. The fourth-order valence-corrected chi connectivity index (χ4v) is 2.47. The number of halogens is 1. The maximum atomic E-state index is 12.1. The summed E-state index contributed by atoms with van der Waals surface area (Å²) in [5.74, 6) is -0.625. The molecule has 0 fully saturated rings. The van der Waals surface area contributed by atoms with Gasteiger partial charge in [0.2, 0.25) is 0 Å². The van der Waals surface area contributed by atoms with Crippen molar-refractivity contribution in [1.29, 1.82) is 0 Å². The number of hydrogen-bond donors (Lipinski definition) is 1. The Balaban J connectivity index is 1.96. The largest absolute Gasteiger partial charge is 0.452 e. The van der Waals surface area contributed by atoms with E-state index in [2.05, 4.69) is 19.2 Å². The van der Waals surface area contributed by atoms with Crippen molar-refractivity contribution in [2.24, 2.45) is 0 Å². The highest BCUT2D eigenvalue weighted by Crippen LogP contribution is 2.26. The third-order valence-corrected chi connectivity index (χ3v) is 4.01. The lowest BCUT2D eigenvalue weighted by Gasteiger charge is -2.15. The van der Waals surface area contributed by atoms with E-state index in [0.717, 1.165) is 17.7 Å². The van der Waals surface area contributed by atoms with Crippen LogP contribution in [0.1, 0.15) is 42.1 Å². The van der Waals surface area contributed by atoms with Gasteiger partial charge in [-0.25, -0.2) is 4.79 Å². The topological polar surface area (TPSA) is 55.4 Å². The molecular weight excluding hydrogens is 326 g/mol. The molecule has 0 spiro atoms. The van der Waals surface area contributed by atoms with Gasteiger partial charge < -0.3 is 10.1 Å². The minimum Gasteiger partial charge on any atom is -0.452 e. The third-order valence-electron chi connectivity index (χ3n) is 3.77. The molecule has 24 heavy (non-hydrogen) atoms. The van der Waals surface area contributed by atoms with Crippen LogP contribution in [0.25, 0.3) is 0 Å². The quantitative estimate of drug-likeness (QED) is 0.775. The Morgan fingerprint density at radius 3 is 2.62 bits per heavy atom. The summed E-state index contributed by atoms with van der Waals surface area (Å²) in [6.45, 7) is 3.85. The Hall–Kier alpha value is -2.33. The van der Waals surface area contributed by atoms with E-state index in [9.17, 15) is 9.59 Å². The number of ether oxygens (including phenoxy) is 1. The highest BCUT2D eigenvalue weighted by Gasteiger charge is 2.13. The second kappa shape index (κ2) is 8.50. The lowest BCUT2D eigenvalue weighted by atomic mass is 9.97. The van der Waals surface area contributed by atoms with Gasteiger partial charge in [0.25, 0.3) is 5.91 Å². The molecular formula is C19H20ClNO3. The van der Waals surface area contributed by atoms with E-state index in [1.165, 1.54) is 6.07 Å². The maximum Gasteiger partial charge on any atom is 0.338 e. The van der Waals surface area contributed by atoms with Gasteiger partial charge in [0.05, 0.1) is 5.56 Å². The molecule has 0 saturated carbocycles. The standard InChI is InChI=1S/C19H20ClNO3/c1-3-13(2)16-9-4-5-10-17(16)21-18(22)12-24-19(23)14-7-6-8-15(20)11-14/h4-11,13H,3,12H2,1-2H3,(H,21,22)/t13-/m1/s1. The molecule has 2 aromatic carbocycles. The van der Waals surface area contributed by atoms with Gasteiger partial charge >= 0.3 is 5.97 Å². The van der Waals surface area contributed by atoms with Crippen LogP contribution in [0.15, 0.2) is 48.5 Å². The number of amides is 1. The molecule has 0 aliphatic carbocycles. The Morgan fingerprint density at radius 1 is 1.17 bits per heavy atom. The molecule has 0 radical (unpaired) electrons. The first-order valence-corrected chi connectivity index (χ1v) is 8.20. The van der Waals surface area contributed by atoms with Gasteiger partial charge in [-0.1, -0.05) is 49.7 Å². The molecule has 2 rings (SSSR count). The minimum absolute atomic E-state index is 0.315. The zero-order valence-electron chi connectivity index (χ0n) is 13.7. The number of rotatable bonds is 6. The molecule has 0 bridgehead atoms. The zero-order chi connectivity index (χ0) is 17.5. The summed E-state index contributed by atoms with van der Waals surface area (Å²) in [7, 11) is 0. The van der Waals surface area contributed by atoms with Crippen LogP contribution < -0.4 is 5.32 Å². The van der Waals surface area contributed by atoms with Gasteiger partial charge in [-0.05, 0) is 42.2 Å². The number of carbonyl (C=O) groups excluding carboxylic acids is 2. The van der Waals surface area contributed by atoms with Gasteiger partial charge in [0.15, 0.2) is 6.61 Å². The molecule has 4 nitrogen and oxygen atoms in total. The van der Waals surface area contributed by atoms with E-state index in [0.29, 0.717) is 16.5 Å². The summed E-state index contributed by atoms with van der Waals surface area (Å²) in [4.78, 5) is 24.0. The van der Waals surface area contributed by atoms with E-state index in [1.807, 2.05) is 24.3 Å². The highest BCUT2D eigenvalue weighted by atomic mass is 35.5. The van der Waals surface area contributed by atoms with Crippen molar-refractivity contribution in [1.82, 2.24) is 0 Å². The lowest BCUT2D eigenvalue weighted by molar-refractivity contribution is -0.119. The smallest absolute Gasteiger partial charge is 0.338 e. The number of nitrogens with one attached hydrogen (secondary N) is 1. The van der Waals surface area contributed by atoms with Gasteiger partial charge in [-0.3, -0.25) is 4.79 Å². The Kier molecular flexibility index (Phi) is 6.38. The normalized spacial score (nSPS) is 11.6. The first-order valence-electron chi connectivity index (χ1n) is 7.82. The number of para-hydroxylation sites is 1. The van der Waals surface area contributed by atoms with Gasteiger partial charge in [-0.2, -0.15) is 0 Å². The molecule has 0 heterocycles. The molecule has 0 unspecified atom stereocenters. The third kappa shape index (κ3) is 4.83. The first kappa shape index (κ1) is 18.0. The van der Waals surface area contributed by atoms with Crippen LogP contribution >= 0.6 is 11.6 Å². The Labute approximate surface area is 146 Å². The maximum absolute atomic E-state index is 12.1.